The minimum Gasteiger partial charge on any atom is -0.486 e. The standard InChI is InChI=1S/C23H27N5O2S/c1-15(2)16-7-10-20(11-8-16)30-13-21-26-27-23(28(21)24)31-14-22(29)25-19-9-6-17-4-3-5-18(17)12-19/h6-12,15H,3-5,13-14,24H2,1-2H3,(H,25,29). The van der Waals surface area contributed by atoms with E-state index in [0.717, 1.165) is 24.3 Å². The van der Waals surface area contributed by atoms with Crippen LogP contribution in [0.3, 0.4) is 0 Å². The van der Waals surface area contributed by atoms with Crippen LogP contribution in [0.5, 0.6) is 5.75 Å². The molecule has 0 spiro atoms. The van der Waals surface area contributed by atoms with E-state index in [2.05, 4.69) is 41.5 Å². The van der Waals surface area contributed by atoms with Gasteiger partial charge in [-0.25, -0.2) is 4.68 Å². The molecule has 0 unspecified atom stereocenters. The smallest absolute Gasteiger partial charge is 0.234 e. The highest BCUT2D eigenvalue weighted by molar-refractivity contribution is 7.99. The Bertz CT molecular complexity index is 1060. The van der Waals surface area contributed by atoms with E-state index in [4.69, 9.17) is 10.6 Å². The van der Waals surface area contributed by atoms with Crippen LogP contribution in [0.15, 0.2) is 47.6 Å². The molecule has 31 heavy (non-hydrogen) atoms. The van der Waals surface area contributed by atoms with E-state index in [1.54, 1.807) is 0 Å². The van der Waals surface area contributed by atoms with Gasteiger partial charge in [0.2, 0.25) is 11.1 Å². The fourth-order valence-electron chi connectivity index (χ4n) is 3.58. The molecule has 1 aromatic heterocycles. The number of aryl methyl sites for hydroxylation is 2. The predicted molar refractivity (Wildman–Crippen MR) is 123 cm³/mol. The molecule has 162 valence electrons. The first-order valence-corrected chi connectivity index (χ1v) is 11.4. The molecule has 3 aromatic rings. The monoisotopic (exact) mass is 437 g/mol. The Morgan fingerprint density at radius 3 is 2.71 bits per heavy atom. The van der Waals surface area contributed by atoms with E-state index in [0.29, 0.717) is 16.9 Å². The van der Waals surface area contributed by atoms with E-state index in [9.17, 15) is 4.79 Å². The van der Waals surface area contributed by atoms with Crippen LogP contribution in [-0.2, 0) is 24.2 Å². The molecule has 0 fully saturated rings. The Hall–Kier alpha value is -3.00. The maximum absolute atomic E-state index is 12.3. The molecule has 0 aliphatic heterocycles. The summed E-state index contributed by atoms with van der Waals surface area (Å²) in [6.07, 6.45) is 3.39. The number of anilines is 1. The molecule has 7 nitrogen and oxygen atoms in total. The van der Waals surface area contributed by atoms with Crippen molar-refractivity contribution in [1.29, 1.82) is 0 Å². The van der Waals surface area contributed by atoms with Crippen molar-refractivity contribution in [3.8, 4) is 5.75 Å². The fourth-order valence-corrected chi connectivity index (χ4v) is 4.25. The van der Waals surface area contributed by atoms with E-state index < -0.39 is 0 Å². The molecule has 1 amide bonds. The number of nitrogens with one attached hydrogen (secondary N) is 1. The van der Waals surface area contributed by atoms with Gasteiger partial charge in [0.15, 0.2) is 5.82 Å². The van der Waals surface area contributed by atoms with Crippen LogP contribution in [0.2, 0.25) is 0 Å². The van der Waals surface area contributed by atoms with Gasteiger partial charge < -0.3 is 15.9 Å². The molecular weight excluding hydrogens is 410 g/mol. The lowest BCUT2D eigenvalue weighted by molar-refractivity contribution is -0.113. The first-order chi connectivity index (χ1) is 15.0. The molecule has 8 heteroatoms. The zero-order valence-electron chi connectivity index (χ0n) is 17.8. The largest absolute Gasteiger partial charge is 0.486 e. The second-order valence-corrected chi connectivity index (χ2v) is 8.90. The van der Waals surface area contributed by atoms with Gasteiger partial charge in [-0.05, 0) is 66.1 Å². The first kappa shape index (κ1) is 21.2. The molecule has 0 saturated carbocycles. The van der Waals surface area contributed by atoms with Crippen LogP contribution >= 0.6 is 11.8 Å². The average molecular weight is 438 g/mol. The van der Waals surface area contributed by atoms with E-state index in [-0.39, 0.29) is 18.3 Å². The number of aromatic nitrogens is 3. The number of amides is 1. The lowest BCUT2D eigenvalue weighted by atomic mass is 10.0. The summed E-state index contributed by atoms with van der Waals surface area (Å²) in [5.74, 6) is 7.90. The number of nitrogen functional groups attached to an aromatic ring is 1. The third kappa shape index (κ3) is 5.19. The van der Waals surface area contributed by atoms with Crippen molar-refractivity contribution < 1.29 is 9.53 Å². The third-order valence-electron chi connectivity index (χ3n) is 5.36. The van der Waals surface area contributed by atoms with Gasteiger partial charge >= 0.3 is 0 Å². The van der Waals surface area contributed by atoms with Gasteiger partial charge in [-0.3, -0.25) is 4.79 Å². The normalized spacial score (nSPS) is 12.7. The molecule has 4 rings (SSSR count). The molecule has 3 N–H and O–H groups in total. The predicted octanol–water partition coefficient (Wildman–Crippen LogP) is 3.91. The number of ether oxygens (including phenoxy) is 1. The minimum absolute atomic E-state index is 0.103. The van der Waals surface area contributed by atoms with E-state index >= 15 is 0 Å². The molecule has 0 saturated heterocycles. The fraction of sp³-hybridized carbons (Fsp3) is 0.348. The first-order valence-electron chi connectivity index (χ1n) is 10.5. The highest BCUT2D eigenvalue weighted by Gasteiger charge is 2.15. The average Bonchev–Trinajstić information content (AvgIpc) is 3.37. The maximum Gasteiger partial charge on any atom is 0.234 e. The number of thioether (sulfide) groups is 1. The number of fused-ring (bicyclic) bond motifs is 1. The lowest BCUT2D eigenvalue weighted by Gasteiger charge is -2.09. The van der Waals surface area contributed by atoms with Crippen LogP contribution in [0.4, 0.5) is 5.69 Å². The molecule has 0 bridgehead atoms. The Morgan fingerprint density at radius 1 is 1.16 bits per heavy atom. The molecule has 1 aliphatic carbocycles. The zero-order valence-corrected chi connectivity index (χ0v) is 18.6. The van der Waals surface area contributed by atoms with Crippen molar-refractivity contribution in [2.24, 2.45) is 0 Å². The Kier molecular flexibility index (Phi) is 6.46. The van der Waals surface area contributed by atoms with Crippen molar-refractivity contribution in [1.82, 2.24) is 14.9 Å². The number of benzene rings is 2. The summed E-state index contributed by atoms with van der Waals surface area (Å²) < 4.78 is 7.14. The van der Waals surface area contributed by atoms with Crippen molar-refractivity contribution in [2.45, 2.75) is 50.8 Å². The molecule has 1 heterocycles. The Morgan fingerprint density at radius 2 is 1.94 bits per heavy atom. The van der Waals surface area contributed by atoms with Crippen LogP contribution in [0.1, 0.15) is 48.7 Å². The molecule has 0 radical (unpaired) electrons. The van der Waals surface area contributed by atoms with Crippen LogP contribution in [-0.4, -0.2) is 26.5 Å². The SMILES string of the molecule is CC(C)c1ccc(OCc2nnc(SCC(=O)Nc3ccc4c(c3)CCC4)n2N)cc1. The van der Waals surface area contributed by atoms with Gasteiger partial charge in [-0.15, -0.1) is 10.2 Å². The van der Waals surface area contributed by atoms with Gasteiger partial charge in [0.05, 0.1) is 5.75 Å². The highest BCUT2D eigenvalue weighted by atomic mass is 32.2. The summed E-state index contributed by atoms with van der Waals surface area (Å²) in [7, 11) is 0. The van der Waals surface area contributed by atoms with Crippen molar-refractivity contribution >= 4 is 23.4 Å². The van der Waals surface area contributed by atoms with Crippen LogP contribution in [0.25, 0.3) is 0 Å². The summed E-state index contributed by atoms with van der Waals surface area (Å²) >= 11 is 1.24. The summed E-state index contributed by atoms with van der Waals surface area (Å²) in [6, 6.07) is 14.1. The van der Waals surface area contributed by atoms with Gasteiger partial charge in [-0.2, -0.15) is 0 Å². The van der Waals surface area contributed by atoms with Crippen LogP contribution in [0, 0.1) is 0 Å². The van der Waals surface area contributed by atoms with Gasteiger partial charge in [0, 0.05) is 5.69 Å². The number of nitrogens with zero attached hydrogens (tertiary/aromatic N) is 3. The van der Waals surface area contributed by atoms with E-state index in [1.807, 2.05) is 30.3 Å². The maximum atomic E-state index is 12.3. The summed E-state index contributed by atoms with van der Waals surface area (Å²) in [5, 5.41) is 11.6. The number of carbonyl (C=O) groups is 1. The number of nitrogens with two attached hydrogens (primary N) is 1. The molecular formula is C23H27N5O2S. The summed E-state index contributed by atoms with van der Waals surface area (Å²) in [5.41, 5.74) is 4.80. The molecule has 1 aliphatic rings. The summed E-state index contributed by atoms with van der Waals surface area (Å²) in [4.78, 5) is 12.3. The molecule has 0 atom stereocenters. The van der Waals surface area contributed by atoms with Gasteiger partial charge in [0.25, 0.3) is 0 Å². The third-order valence-corrected chi connectivity index (χ3v) is 6.31. The minimum atomic E-state index is -0.103. The molecule has 2 aromatic carbocycles. The zero-order chi connectivity index (χ0) is 21.8. The number of hydrogen-bond donors (Lipinski definition) is 2. The number of carbonyl (C=O) groups excluding carboxylic acids is 1. The van der Waals surface area contributed by atoms with Gasteiger partial charge in [0.1, 0.15) is 12.4 Å². The van der Waals surface area contributed by atoms with Crippen molar-refractivity contribution in [2.75, 3.05) is 16.9 Å². The Balaban J connectivity index is 1.28. The van der Waals surface area contributed by atoms with Crippen molar-refractivity contribution in [3.05, 3.63) is 65.0 Å². The van der Waals surface area contributed by atoms with Gasteiger partial charge in [-0.1, -0.05) is 43.8 Å². The topological polar surface area (TPSA) is 95.1 Å². The highest BCUT2D eigenvalue weighted by Crippen LogP contribution is 2.25. The lowest BCUT2D eigenvalue weighted by Crippen LogP contribution is -2.18. The van der Waals surface area contributed by atoms with Crippen LogP contribution < -0.4 is 15.9 Å². The number of hydrogen-bond acceptors (Lipinski definition) is 6. The van der Waals surface area contributed by atoms with E-state index in [1.165, 1.54) is 39.5 Å². The second-order valence-electron chi connectivity index (χ2n) is 7.96. The quantitative estimate of drug-likeness (QED) is 0.410. The number of rotatable bonds is 8. The van der Waals surface area contributed by atoms with Crippen molar-refractivity contribution in [3.63, 3.8) is 0 Å². The Labute approximate surface area is 186 Å². The summed E-state index contributed by atoms with van der Waals surface area (Å²) in [6.45, 7) is 4.50. The second kappa shape index (κ2) is 9.43.